The molecule has 2 fully saturated rings. The molecule has 0 aromatic heterocycles. The molecule has 4 heteroatoms. The zero-order valence-corrected chi connectivity index (χ0v) is 7.99. The summed E-state index contributed by atoms with van der Waals surface area (Å²) >= 11 is 0. The predicted octanol–water partition coefficient (Wildman–Crippen LogP) is 0.0377. The number of nitrogens with zero attached hydrogens (tertiary/aromatic N) is 1. The number of likely N-dealkylation sites (N-methyl/N-ethyl adjacent to an activating group) is 1. The van der Waals surface area contributed by atoms with Gasteiger partial charge in [-0.05, 0) is 20.0 Å². The van der Waals surface area contributed by atoms with E-state index in [2.05, 4.69) is 4.90 Å². The molecule has 0 spiro atoms. The van der Waals surface area contributed by atoms with Gasteiger partial charge in [-0.2, -0.15) is 0 Å². The third-order valence-electron chi connectivity index (χ3n) is 3.43. The van der Waals surface area contributed by atoms with Gasteiger partial charge in [0.1, 0.15) is 0 Å². The summed E-state index contributed by atoms with van der Waals surface area (Å²) in [5.41, 5.74) is -0.376. The van der Waals surface area contributed by atoms with Crippen LogP contribution in [0.3, 0.4) is 0 Å². The summed E-state index contributed by atoms with van der Waals surface area (Å²) in [6, 6.07) is 0. The van der Waals surface area contributed by atoms with Crippen molar-refractivity contribution in [3.63, 3.8) is 0 Å². The summed E-state index contributed by atoms with van der Waals surface area (Å²) < 4.78 is 5.37. The second-order valence-corrected chi connectivity index (χ2v) is 4.11. The summed E-state index contributed by atoms with van der Waals surface area (Å²) in [7, 11) is 3.63. The molecule has 74 valence electrons. The Kier molecular flexibility index (Phi) is 1.85. The highest BCUT2D eigenvalue weighted by atomic mass is 16.5. The van der Waals surface area contributed by atoms with Crippen molar-refractivity contribution in [2.45, 2.75) is 12.0 Å². The molecule has 0 aromatic carbocycles. The largest absolute Gasteiger partial charge is 0.481 e. The smallest absolute Gasteiger partial charge is 0.309 e. The number of piperidine rings is 1. The molecule has 1 heterocycles. The van der Waals surface area contributed by atoms with Crippen LogP contribution < -0.4 is 0 Å². The maximum atomic E-state index is 10.9. The lowest BCUT2D eigenvalue weighted by Gasteiger charge is -2.28. The quantitative estimate of drug-likeness (QED) is 0.659. The van der Waals surface area contributed by atoms with Gasteiger partial charge in [0.15, 0.2) is 0 Å². The van der Waals surface area contributed by atoms with Crippen LogP contribution in [0.1, 0.15) is 6.42 Å². The molecule has 4 nitrogen and oxygen atoms in total. The van der Waals surface area contributed by atoms with Crippen LogP contribution in [0.25, 0.3) is 0 Å². The summed E-state index contributed by atoms with van der Waals surface area (Å²) in [4.78, 5) is 13.0. The van der Waals surface area contributed by atoms with Gasteiger partial charge in [-0.15, -0.1) is 0 Å². The Balaban J connectivity index is 2.15. The standard InChI is InChI=1S/C9H15NO3/c1-10-4-3-6-7(8(11)12)9(6,5-10)13-2/h6-7H,3-5H2,1-2H3,(H,11,12)/t6-,7+,9+/m0/s1. The lowest BCUT2D eigenvalue weighted by molar-refractivity contribution is -0.140. The molecule has 3 atom stereocenters. The molecule has 1 aliphatic heterocycles. The first-order chi connectivity index (χ1) is 6.12. The van der Waals surface area contributed by atoms with E-state index in [0.29, 0.717) is 0 Å². The van der Waals surface area contributed by atoms with Gasteiger partial charge in [0, 0.05) is 19.6 Å². The Hall–Kier alpha value is -0.610. The third kappa shape index (κ3) is 1.09. The first-order valence-electron chi connectivity index (χ1n) is 4.58. The molecule has 13 heavy (non-hydrogen) atoms. The Morgan fingerprint density at radius 3 is 2.92 bits per heavy atom. The number of aliphatic carboxylic acids is 1. The average Bonchev–Trinajstić information content (AvgIpc) is 2.73. The molecular weight excluding hydrogens is 170 g/mol. The molecule has 1 saturated heterocycles. The van der Waals surface area contributed by atoms with Crippen molar-refractivity contribution >= 4 is 5.97 Å². The minimum Gasteiger partial charge on any atom is -0.481 e. The Morgan fingerprint density at radius 2 is 2.38 bits per heavy atom. The fourth-order valence-corrected chi connectivity index (χ4v) is 2.70. The molecule has 0 radical (unpaired) electrons. The van der Waals surface area contributed by atoms with Crippen LogP contribution in [0.2, 0.25) is 0 Å². The van der Waals surface area contributed by atoms with Gasteiger partial charge in [-0.1, -0.05) is 0 Å². The summed E-state index contributed by atoms with van der Waals surface area (Å²) in [6.45, 7) is 1.74. The van der Waals surface area contributed by atoms with Crippen molar-refractivity contribution in [1.82, 2.24) is 4.90 Å². The van der Waals surface area contributed by atoms with E-state index in [9.17, 15) is 4.79 Å². The number of carboxylic acid groups (broad SMARTS) is 1. The molecule has 2 aliphatic rings. The highest BCUT2D eigenvalue weighted by Crippen LogP contribution is 2.57. The number of carboxylic acids is 1. The molecule has 0 aromatic rings. The van der Waals surface area contributed by atoms with E-state index in [1.54, 1.807) is 7.11 Å². The van der Waals surface area contributed by atoms with Crippen LogP contribution in [-0.2, 0) is 9.53 Å². The van der Waals surface area contributed by atoms with E-state index >= 15 is 0 Å². The second-order valence-electron chi connectivity index (χ2n) is 4.11. The summed E-state index contributed by atoms with van der Waals surface area (Å²) in [6.07, 6.45) is 0.946. The van der Waals surface area contributed by atoms with Crippen molar-refractivity contribution in [3.05, 3.63) is 0 Å². The molecule has 1 aliphatic carbocycles. The first kappa shape index (κ1) is 8.97. The zero-order chi connectivity index (χ0) is 9.64. The van der Waals surface area contributed by atoms with Crippen molar-refractivity contribution < 1.29 is 14.6 Å². The SMILES string of the molecule is CO[C@]12CN(C)CC[C@H]1[C@@H]2C(=O)O. The number of hydrogen-bond donors (Lipinski definition) is 1. The molecule has 0 amide bonds. The number of rotatable bonds is 2. The molecule has 0 unspecified atom stereocenters. The molecule has 1 N–H and O–H groups in total. The van der Waals surface area contributed by atoms with Crippen molar-refractivity contribution in [1.29, 1.82) is 0 Å². The number of carbonyl (C=O) groups is 1. The van der Waals surface area contributed by atoms with Crippen molar-refractivity contribution in [2.24, 2.45) is 11.8 Å². The number of likely N-dealkylation sites (tertiary alicyclic amines) is 1. The van der Waals surface area contributed by atoms with Gasteiger partial charge in [0.05, 0.1) is 11.5 Å². The Bertz CT molecular complexity index is 243. The monoisotopic (exact) mass is 185 g/mol. The Labute approximate surface area is 77.5 Å². The maximum Gasteiger partial charge on any atom is 0.309 e. The highest BCUT2D eigenvalue weighted by molar-refractivity contribution is 5.77. The highest BCUT2D eigenvalue weighted by Gasteiger charge is 2.70. The van der Waals surface area contributed by atoms with Crippen LogP contribution in [-0.4, -0.2) is 48.8 Å². The van der Waals surface area contributed by atoms with E-state index in [0.717, 1.165) is 19.5 Å². The van der Waals surface area contributed by atoms with Gasteiger partial charge < -0.3 is 14.7 Å². The van der Waals surface area contributed by atoms with E-state index in [1.807, 2.05) is 7.05 Å². The summed E-state index contributed by atoms with van der Waals surface area (Å²) in [5, 5.41) is 8.97. The minimum absolute atomic E-state index is 0.242. The minimum atomic E-state index is -0.706. The normalized spacial score (nSPS) is 44.2. The van der Waals surface area contributed by atoms with E-state index in [4.69, 9.17) is 9.84 Å². The maximum absolute atomic E-state index is 10.9. The second kappa shape index (κ2) is 2.69. The average molecular weight is 185 g/mol. The van der Waals surface area contributed by atoms with Crippen LogP contribution >= 0.6 is 0 Å². The fraction of sp³-hybridized carbons (Fsp3) is 0.889. The topological polar surface area (TPSA) is 49.8 Å². The van der Waals surface area contributed by atoms with Crippen molar-refractivity contribution in [2.75, 3.05) is 27.2 Å². The van der Waals surface area contributed by atoms with Gasteiger partial charge in [-0.25, -0.2) is 0 Å². The lowest BCUT2D eigenvalue weighted by Crippen LogP contribution is -2.39. The van der Waals surface area contributed by atoms with Gasteiger partial charge in [0.2, 0.25) is 0 Å². The fourth-order valence-electron chi connectivity index (χ4n) is 2.70. The third-order valence-corrected chi connectivity index (χ3v) is 3.43. The van der Waals surface area contributed by atoms with Crippen LogP contribution in [0.5, 0.6) is 0 Å². The van der Waals surface area contributed by atoms with Gasteiger partial charge >= 0.3 is 5.97 Å². The van der Waals surface area contributed by atoms with Gasteiger partial charge in [0.25, 0.3) is 0 Å². The number of methoxy groups -OCH3 is 1. The van der Waals surface area contributed by atoms with Crippen LogP contribution in [0.4, 0.5) is 0 Å². The zero-order valence-electron chi connectivity index (χ0n) is 7.99. The molecule has 1 saturated carbocycles. The molecule has 2 rings (SSSR count). The number of ether oxygens (including phenoxy) is 1. The Morgan fingerprint density at radius 1 is 1.69 bits per heavy atom. The van der Waals surface area contributed by atoms with Crippen LogP contribution in [0.15, 0.2) is 0 Å². The van der Waals surface area contributed by atoms with Crippen LogP contribution in [0, 0.1) is 11.8 Å². The lowest BCUT2D eigenvalue weighted by atomic mass is 10.1. The van der Waals surface area contributed by atoms with Gasteiger partial charge in [-0.3, -0.25) is 4.79 Å². The van der Waals surface area contributed by atoms with E-state index in [1.165, 1.54) is 0 Å². The molecular formula is C9H15NO3. The number of hydrogen-bond acceptors (Lipinski definition) is 3. The molecule has 0 bridgehead atoms. The van der Waals surface area contributed by atoms with E-state index < -0.39 is 5.97 Å². The number of fused-ring (bicyclic) bond motifs is 1. The first-order valence-corrected chi connectivity index (χ1v) is 4.58. The van der Waals surface area contributed by atoms with Crippen molar-refractivity contribution in [3.8, 4) is 0 Å². The summed E-state index contributed by atoms with van der Waals surface area (Å²) in [5.74, 6) is -0.740. The van der Waals surface area contributed by atoms with E-state index in [-0.39, 0.29) is 17.4 Å². The predicted molar refractivity (Wildman–Crippen MR) is 46.5 cm³/mol.